The lowest BCUT2D eigenvalue weighted by molar-refractivity contribution is -0.117. The molecule has 2 atom stereocenters. The number of nitrogens with one attached hydrogen (secondary N) is 3. The molecule has 0 saturated carbocycles. The number of carbonyl (C=O) groups excluding carboxylic acids is 2. The molecule has 0 radical (unpaired) electrons. The average molecular weight is 339 g/mol. The third-order valence-corrected chi connectivity index (χ3v) is 4.88. The van der Waals surface area contributed by atoms with Gasteiger partial charge in [0.1, 0.15) is 0 Å². The van der Waals surface area contributed by atoms with Gasteiger partial charge in [0.2, 0.25) is 5.91 Å². The zero-order valence-corrected chi connectivity index (χ0v) is 13.9. The zero-order chi connectivity index (χ0) is 17.2. The second-order valence-corrected chi connectivity index (χ2v) is 6.67. The van der Waals surface area contributed by atoms with E-state index < -0.39 is 0 Å². The monoisotopic (exact) mass is 339 g/mol. The van der Waals surface area contributed by atoms with Gasteiger partial charge in [-0.15, -0.1) is 0 Å². The van der Waals surface area contributed by atoms with Gasteiger partial charge in [-0.25, -0.2) is 4.79 Å². The molecule has 3 N–H and O–H groups in total. The molecule has 130 valence electrons. The Kier molecular flexibility index (Phi) is 4.13. The number of H-pyrrole nitrogens is 1. The molecule has 2 aromatic rings. The molecule has 1 fully saturated rings. The van der Waals surface area contributed by atoms with Gasteiger partial charge in [0.25, 0.3) is 0 Å². The van der Waals surface area contributed by atoms with Crippen molar-refractivity contribution < 1.29 is 9.59 Å². The molecule has 2 unspecified atom stereocenters. The maximum absolute atomic E-state index is 12.3. The van der Waals surface area contributed by atoms with Crippen molar-refractivity contribution >= 4 is 17.6 Å². The Morgan fingerprint density at radius 3 is 2.80 bits per heavy atom. The molecule has 1 saturated heterocycles. The van der Waals surface area contributed by atoms with Gasteiger partial charge in [0.05, 0.1) is 12.2 Å². The molecule has 1 aliphatic carbocycles. The number of benzene rings is 1. The highest BCUT2D eigenvalue weighted by Gasteiger charge is 2.32. The summed E-state index contributed by atoms with van der Waals surface area (Å²) in [6, 6.07) is 9.28. The van der Waals surface area contributed by atoms with Crippen molar-refractivity contribution in [3.8, 4) is 0 Å². The predicted molar refractivity (Wildman–Crippen MR) is 93.3 cm³/mol. The SMILES string of the molecule is O=C(NC1CCc2[nH]ncc2C1)NC1CC(=O)N(c2ccccc2)C1. The highest BCUT2D eigenvalue weighted by molar-refractivity contribution is 5.96. The lowest BCUT2D eigenvalue weighted by Gasteiger charge is -2.24. The lowest BCUT2D eigenvalue weighted by atomic mass is 9.94. The smallest absolute Gasteiger partial charge is 0.315 e. The van der Waals surface area contributed by atoms with Crippen LogP contribution in [0.2, 0.25) is 0 Å². The molecule has 1 aromatic carbocycles. The lowest BCUT2D eigenvalue weighted by Crippen LogP contribution is -2.48. The van der Waals surface area contributed by atoms with Crippen LogP contribution < -0.4 is 15.5 Å². The quantitative estimate of drug-likeness (QED) is 0.789. The number of rotatable bonds is 3. The Morgan fingerprint density at radius 2 is 1.96 bits per heavy atom. The number of para-hydroxylation sites is 1. The van der Waals surface area contributed by atoms with Gasteiger partial charge in [-0.05, 0) is 37.0 Å². The summed E-state index contributed by atoms with van der Waals surface area (Å²) < 4.78 is 0. The van der Waals surface area contributed by atoms with Gasteiger partial charge >= 0.3 is 6.03 Å². The van der Waals surface area contributed by atoms with E-state index in [9.17, 15) is 9.59 Å². The predicted octanol–water partition coefficient (Wildman–Crippen LogP) is 1.37. The summed E-state index contributed by atoms with van der Waals surface area (Å²) >= 11 is 0. The summed E-state index contributed by atoms with van der Waals surface area (Å²) in [5.74, 6) is 0.0391. The molecule has 2 aliphatic rings. The van der Waals surface area contributed by atoms with Crippen LogP contribution >= 0.6 is 0 Å². The zero-order valence-electron chi connectivity index (χ0n) is 13.9. The molecule has 4 rings (SSSR count). The van der Waals surface area contributed by atoms with E-state index in [0.717, 1.165) is 24.9 Å². The number of aryl methyl sites for hydroxylation is 1. The fourth-order valence-corrected chi connectivity index (χ4v) is 3.61. The van der Waals surface area contributed by atoms with Gasteiger partial charge in [-0.1, -0.05) is 18.2 Å². The van der Waals surface area contributed by atoms with E-state index >= 15 is 0 Å². The summed E-state index contributed by atoms with van der Waals surface area (Å²) in [4.78, 5) is 26.2. The topological polar surface area (TPSA) is 90.1 Å². The summed E-state index contributed by atoms with van der Waals surface area (Å²) in [6.45, 7) is 0.507. The van der Waals surface area contributed by atoms with Crippen molar-refractivity contribution in [2.45, 2.75) is 37.8 Å². The van der Waals surface area contributed by atoms with Gasteiger partial charge in [0, 0.05) is 30.4 Å². The number of urea groups is 1. The summed E-state index contributed by atoms with van der Waals surface area (Å²) in [5.41, 5.74) is 3.21. The van der Waals surface area contributed by atoms with Crippen molar-refractivity contribution in [3.05, 3.63) is 47.8 Å². The third kappa shape index (κ3) is 3.35. The van der Waals surface area contributed by atoms with Crippen LogP contribution in [0, 0.1) is 0 Å². The first-order valence-electron chi connectivity index (χ1n) is 8.62. The van der Waals surface area contributed by atoms with Crippen LogP contribution in [0.25, 0.3) is 0 Å². The largest absolute Gasteiger partial charge is 0.335 e. The van der Waals surface area contributed by atoms with Gasteiger partial charge in [-0.2, -0.15) is 5.10 Å². The number of carbonyl (C=O) groups is 2. The van der Waals surface area contributed by atoms with Crippen molar-refractivity contribution in [2.24, 2.45) is 0 Å². The number of anilines is 1. The number of aromatic nitrogens is 2. The van der Waals surface area contributed by atoms with Crippen molar-refractivity contribution in [2.75, 3.05) is 11.4 Å². The van der Waals surface area contributed by atoms with Crippen LogP contribution in [0.4, 0.5) is 10.5 Å². The highest BCUT2D eigenvalue weighted by Crippen LogP contribution is 2.21. The Labute approximate surface area is 145 Å². The Hall–Kier alpha value is -2.83. The molecular formula is C18H21N5O2. The Morgan fingerprint density at radius 1 is 1.16 bits per heavy atom. The second kappa shape index (κ2) is 6.58. The summed E-state index contributed by atoms with van der Waals surface area (Å²) in [6.07, 6.45) is 4.73. The molecular weight excluding hydrogens is 318 g/mol. The molecule has 7 nitrogen and oxygen atoms in total. The van der Waals surface area contributed by atoms with E-state index in [4.69, 9.17) is 0 Å². The van der Waals surface area contributed by atoms with Crippen LogP contribution in [0.1, 0.15) is 24.1 Å². The second-order valence-electron chi connectivity index (χ2n) is 6.67. The first-order valence-corrected chi connectivity index (χ1v) is 8.62. The minimum atomic E-state index is -0.204. The summed E-state index contributed by atoms with van der Waals surface area (Å²) in [5, 5.41) is 13.0. The minimum absolute atomic E-state index is 0.0391. The fraction of sp³-hybridized carbons (Fsp3) is 0.389. The first kappa shape index (κ1) is 15.7. The van der Waals surface area contributed by atoms with E-state index in [1.54, 1.807) is 4.90 Å². The van der Waals surface area contributed by atoms with E-state index in [1.807, 2.05) is 36.5 Å². The number of fused-ring (bicyclic) bond motifs is 1. The van der Waals surface area contributed by atoms with Crippen LogP contribution in [-0.4, -0.2) is 40.8 Å². The molecule has 1 aromatic heterocycles. The van der Waals surface area contributed by atoms with Crippen molar-refractivity contribution in [1.82, 2.24) is 20.8 Å². The number of nitrogens with zero attached hydrogens (tertiary/aromatic N) is 2. The number of hydrogen-bond acceptors (Lipinski definition) is 3. The standard InChI is InChI=1S/C18H21N5O2/c24-17-9-14(11-23(17)15-4-2-1-3-5-15)21-18(25)20-13-6-7-16-12(8-13)10-19-22-16/h1-5,10,13-14H,6-9,11H2,(H,19,22)(H2,20,21,25). The number of hydrogen-bond donors (Lipinski definition) is 3. The molecule has 0 spiro atoms. The number of aromatic amines is 1. The van der Waals surface area contributed by atoms with Gasteiger partial charge in [-0.3, -0.25) is 9.89 Å². The highest BCUT2D eigenvalue weighted by atomic mass is 16.2. The van der Waals surface area contributed by atoms with E-state index in [0.29, 0.717) is 13.0 Å². The fourth-order valence-electron chi connectivity index (χ4n) is 3.61. The van der Waals surface area contributed by atoms with E-state index in [2.05, 4.69) is 20.8 Å². The number of amides is 3. The molecule has 3 amide bonds. The molecule has 1 aliphatic heterocycles. The van der Waals surface area contributed by atoms with Gasteiger partial charge < -0.3 is 15.5 Å². The molecule has 7 heteroatoms. The van der Waals surface area contributed by atoms with Crippen molar-refractivity contribution in [1.29, 1.82) is 0 Å². The maximum Gasteiger partial charge on any atom is 0.315 e. The van der Waals surface area contributed by atoms with Crippen LogP contribution in [-0.2, 0) is 17.6 Å². The minimum Gasteiger partial charge on any atom is -0.335 e. The van der Waals surface area contributed by atoms with Crippen LogP contribution in [0.5, 0.6) is 0 Å². The molecule has 25 heavy (non-hydrogen) atoms. The normalized spacial score (nSPS) is 22.6. The first-order chi connectivity index (χ1) is 12.2. The van der Waals surface area contributed by atoms with E-state index in [1.165, 1.54) is 11.3 Å². The Balaban J connectivity index is 1.31. The van der Waals surface area contributed by atoms with Crippen molar-refractivity contribution in [3.63, 3.8) is 0 Å². The molecule has 0 bridgehead atoms. The molecule has 2 heterocycles. The van der Waals surface area contributed by atoms with Crippen LogP contribution in [0.15, 0.2) is 36.5 Å². The third-order valence-electron chi connectivity index (χ3n) is 4.88. The van der Waals surface area contributed by atoms with Crippen LogP contribution in [0.3, 0.4) is 0 Å². The van der Waals surface area contributed by atoms with Gasteiger partial charge in [0.15, 0.2) is 0 Å². The maximum atomic E-state index is 12.3. The average Bonchev–Trinajstić information content (AvgIpc) is 3.21. The Bertz CT molecular complexity index is 773. The summed E-state index contributed by atoms with van der Waals surface area (Å²) in [7, 11) is 0. The van der Waals surface area contributed by atoms with E-state index in [-0.39, 0.29) is 24.0 Å².